The molecule has 1 aromatic heterocycles. The molecule has 0 amide bonds. The van der Waals surface area contributed by atoms with Gasteiger partial charge in [0.2, 0.25) is 0 Å². The van der Waals surface area contributed by atoms with Gasteiger partial charge >= 0.3 is 17.6 Å². The highest BCUT2D eigenvalue weighted by Gasteiger charge is 2.45. The van der Waals surface area contributed by atoms with E-state index in [1.165, 1.54) is 10.8 Å². The first-order chi connectivity index (χ1) is 11.9. The zero-order valence-electron chi connectivity index (χ0n) is 13.8. The fraction of sp³-hybridized carbons (Fsp3) is 0.600. The van der Waals surface area contributed by atoms with Gasteiger partial charge in [-0.05, 0) is 42.9 Å². The number of H-pyrrole nitrogens is 1. The minimum Gasteiger partial charge on any atom is -0.465 e. The molecular formula is C15H19IN2O7. The van der Waals surface area contributed by atoms with Crippen LogP contribution >= 0.6 is 22.6 Å². The average molecular weight is 466 g/mol. The van der Waals surface area contributed by atoms with Crippen LogP contribution < -0.4 is 11.2 Å². The van der Waals surface area contributed by atoms with Crippen molar-refractivity contribution < 1.29 is 23.8 Å². The quantitative estimate of drug-likeness (QED) is 0.367. The molecule has 138 valence electrons. The molecule has 0 bridgehead atoms. The largest absolute Gasteiger partial charge is 0.465 e. The highest BCUT2D eigenvalue weighted by Crippen LogP contribution is 2.36. The van der Waals surface area contributed by atoms with E-state index in [2.05, 4.69) is 4.98 Å². The van der Waals surface area contributed by atoms with E-state index in [1.807, 2.05) is 0 Å². The van der Waals surface area contributed by atoms with Crippen LogP contribution in [0.25, 0.3) is 0 Å². The molecule has 0 unspecified atom stereocenters. The second-order valence-electron chi connectivity index (χ2n) is 5.34. The maximum atomic E-state index is 12.3. The third kappa shape index (κ3) is 4.29. The first-order valence-electron chi connectivity index (χ1n) is 7.86. The number of nitrogens with one attached hydrogen (secondary N) is 1. The number of carbonyl (C=O) groups is 2. The lowest BCUT2D eigenvalue weighted by Gasteiger charge is -2.25. The molecule has 25 heavy (non-hydrogen) atoms. The van der Waals surface area contributed by atoms with Crippen molar-refractivity contribution in [3.8, 4) is 0 Å². The first-order valence-corrected chi connectivity index (χ1v) is 8.94. The smallest absolute Gasteiger partial charge is 0.330 e. The van der Waals surface area contributed by atoms with E-state index in [0.717, 1.165) is 0 Å². The molecule has 1 N–H and O–H groups in total. The second kappa shape index (κ2) is 8.61. The lowest BCUT2D eigenvalue weighted by atomic mass is 9.89. The number of hydrogen-bond acceptors (Lipinski definition) is 7. The first kappa shape index (κ1) is 19.6. The maximum absolute atomic E-state index is 12.3. The Hall–Kier alpha value is -1.69. The van der Waals surface area contributed by atoms with E-state index >= 15 is 0 Å². The van der Waals surface area contributed by atoms with Crippen LogP contribution in [0.4, 0.5) is 0 Å². The van der Waals surface area contributed by atoms with Gasteiger partial charge < -0.3 is 14.2 Å². The summed E-state index contributed by atoms with van der Waals surface area (Å²) in [5.41, 5.74) is -1.18. The van der Waals surface area contributed by atoms with Gasteiger partial charge in [-0.15, -0.1) is 0 Å². The van der Waals surface area contributed by atoms with Crippen molar-refractivity contribution in [2.24, 2.45) is 11.8 Å². The lowest BCUT2D eigenvalue weighted by molar-refractivity contribution is -0.166. The van der Waals surface area contributed by atoms with Crippen molar-refractivity contribution in [1.82, 2.24) is 9.55 Å². The maximum Gasteiger partial charge on any atom is 0.330 e. The second-order valence-corrected chi connectivity index (χ2v) is 6.50. The van der Waals surface area contributed by atoms with Gasteiger partial charge in [-0.1, -0.05) is 0 Å². The summed E-state index contributed by atoms with van der Waals surface area (Å²) in [6, 6.07) is 0. The summed E-state index contributed by atoms with van der Waals surface area (Å²) in [6.07, 6.45) is 0.837. The predicted molar refractivity (Wildman–Crippen MR) is 93.9 cm³/mol. The molecule has 0 saturated carbocycles. The lowest BCUT2D eigenvalue weighted by Crippen LogP contribution is -2.41. The molecular weight excluding hydrogens is 447 g/mol. The Morgan fingerprint density at radius 3 is 2.48 bits per heavy atom. The number of rotatable bonds is 6. The average Bonchev–Trinajstić information content (AvgIpc) is 3.00. The molecule has 9 nitrogen and oxygen atoms in total. The number of esters is 2. The van der Waals surface area contributed by atoms with E-state index in [9.17, 15) is 19.2 Å². The highest BCUT2D eigenvalue weighted by molar-refractivity contribution is 14.1. The molecule has 1 fully saturated rings. The summed E-state index contributed by atoms with van der Waals surface area (Å²) in [7, 11) is 0. The normalized spacial score (nSPS) is 19.8. The number of aromatic nitrogens is 2. The van der Waals surface area contributed by atoms with Crippen LogP contribution in [0.15, 0.2) is 15.8 Å². The fourth-order valence-electron chi connectivity index (χ4n) is 2.77. The Balaban J connectivity index is 2.41. The van der Waals surface area contributed by atoms with Crippen LogP contribution in [0.5, 0.6) is 0 Å². The van der Waals surface area contributed by atoms with Crippen LogP contribution in [0, 0.1) is 15.4 Å². The van der Waals surface area contributed by atoms with Crippen molar-refractivity contribution in [3.63, 3.8) is 0 Å². The molecule has 0 spiro atoms. The van der Waals surface area contributed by atoms with Crippen LogP contribution in [-0.4, -0.2) is 41.3 Å². The van der Waals surface area contributed by atoms with Crippen molar-refractivity contribution in [3.05, 3.63) is 30.6 Å². The van der Waals surface area contributed by atoms with Crippen LogP contribution in [-0.2, 0) is 23.8 Å². The van der Waals surface area contributed by atoms with E-state index < -0.39 is 41.3 Å². The van der Waals surface area contributed by atoms with Gasteiger partial charge in [0.05, 0.1) is 16.8 Å². The molecule has 1 aliphatic rings. The number of ether oxygens (including phenoxy) is 3. The van der Waals surface area contributed by atoms with Gasteiger partial charge in [-0.3, -0.25) is 23.9 Å². The highest BCUT2D eigenvalue weighted by atomic mass is 127. The van der Waals surface area contributed by atoms with Crippen molar-refractivity contribution in [2.45, 2.75) is 26.5 Å². The molecule has 1 aromatic rings. The van der Waals surface area contributed by atoms with Gasteiger partial charge in [-0.25, -0.2) is 4.79 Å². The number of halogens is 1. The molecule has 1 saturated heterocycles. The van der Waals surface area contributed by atoms with Crippen molar-refractivity contribution in [1.29, 1.82) is 0 Å². The molecule has 2 rings (SSSR count). The van der Waals surface area contributed by atoms with Gasteiger partial charge in [0.1, 0.15) is 6.23 Å². The van der Waals surface area contributed by atoms with Gasteiger partial charge in [0, 0.05) is 18.7 Å². The minimum atomic E-state index is -1.20. The summed E-state index contributed by atoms with van der Waals surface area (Å²) in [6.45, 7) is 3.76. The molecule has 10 heteroatoms. The summed E-state index contributed by atoms with van der Waals surface area (Å²) >= 11 is 1.79. The molecule has 1 aliphatic heterocycles. The summed E-state index contributed by atoms with van der Waals surface area (Å²) in [5, 5.41) is 0. The SMILES string of the molecule is CCOC(=O)C(C(=O)OCC)[C@@H]1CCO[C@H]1n1cc(I)c(=O)[nH]c1=O. The zero-order valence-corrected chi connectivity index (χ0v) is 16.0. The van der Waals surface area contributed by atoms with Crippen molar-refractivity contribution in [2.75, 3.05) is 19.8 Å². The Kier molecular flexibility index (Phi) is 6.76. The predicted octanol–water partition coefficient (Wildman–Crippen LogP) is 0.419. The number of carbonyl (C=O) groups excluding carboxylic acids is 2. The Labute approximate surface area is 156 Å². The molecule has 0 aliphatic carbocycles. The topological polar surface area (TPSA) is 117 Å². The van der Waals surface area contributed by atoms with Gasteiger partial charge in [-0.2, -0.15) is 0 Å². The zero-order chi connectivity index (χ0) is 18.6. The molecule has 2 heterocycles. The van der Waals surface area contributed by atoms with E-state index in [0.29, 0.717) is 6.42 Å². The fourth-order valence-corrected chi connectivity index (χ4v) is 3.20. The monoisotopic (exact) mass is 466 g/mol. The van der Waals surface area contributed by atoms with E-state index in [-0.39, 0.29) is 23.4 Å². The van der Waals surface area contributed by atoms with Gasteiger partial charge in [0.15, 0.2) is 5.92 Å². The minimum absolute atomic E-state index is 0.115. The third-order valence-corrected chi connectivity index (χ3v) is 4.58. The Bertz CT molecular complexity index is 739. The molecule has 2 atom stereocenters. The Morgan fingerprint density at radius 2 is 1.92 bits per heavy atom. The number of aromatic amines is 1. The number of nitrogens with zero attached hydrogens (tertiary/aromatic N) is 1. The van der Waals surface area contributed by atoms with Gasteiger partial charge in [0.25, 0.3) is 5.56 Å². The third-order valence-electron chi connectivity index (χ3n) is 3.81. The standard InChI is InChI=1S/C15H19IN2O7/c1-3-23-13(20)10(14(21)24-4-2)8-5-6-25-12(8)18-7-9(16)11(19)17-15(18)22/h7-8,10,12H,3-6H2,1-2H3,(H,17,19,22)/t8-,12+/m0/s1. The summed E-state index contributed by atoms with van der Waals surface area (Å²) in [4.78, 5) is 50.5. The van der Waals surface area contributed by atoms with Crippen molar-refractivity contribution >= 4 is 34.5 Å². The van der Waals surface area contributed by atoms with Crippen LogP contribution in [0.3, 0.4) is 0 Å². The van der Waals surface area contributed by atoms with E-state index in [4.69, 9.17) is 14.2 Å². The summed E-state index contributed by atoms with van der Waals surface area (Å²) in [5.74, 6) is -3.27. The Morgan fingerprint density at radius 1 is 1.32 bits per heavy atom. The molecule has 0 radical (unpaired) electrons. The summed E-state index contributed by atoms with van der Waals surface area (Å²) < 4.78 is 17.1. The van der Waals surface area contributed by atoms with Crippen LogP contribution in [0.1, 0.15) is 26.5 Å². The van der Waals surface area contributed by atoms with Crippen LogP contribution in [0.2, 0.25) is 0 Å². The number of hydrogen-bond donors (Lipinski definition) is 1. The van der Waals surface area contributed by atoms with E-state index in [1.54, 1.807) is 36.4 Å². The molecule has 0 aromatic carbocycles.